The summed E-state index contributed by atoms with van der Waals surface area (Å²) in [5.41, 5.74) is 1.19. The summed E-state index contributed by atoms with van der Waals surface area (Å²) < 4.78 is 55.3. The highest BCUT2D eigenvalue weighted by atomic mass is 32.2. The number of halogens is 2. The average molecular weight is 432 g/mol. The van der Waals surface area contributed by atoms with Crippen molar-refractivity contribution in [3.63, 3.8) is 0 Å². The average Bonchev–Trinajstić information content (AvgIpc) is 3.26. The standard InChI is InChI=1S/C20H18F2N4O3S/c21-16-6-7-18(22)19(12-16)30(28,29)25-10-8-24(9-11-25)20(27)15-13-23-26(14-15)17-4-2-1-3-5-17/h1-7,12-14H,8-11H2. The molecule has 2 aromatic carbocycles. The van der Waals surface area contributed by atoms with Crippen molar-refractivity contribution in [3.8, 4) is 5.69 Å². The fraction of sp³-hybridized carbons (Fsp3) is 0.200. The van der Waals surface area contributed by atoms with E-state index in [1.807, 2.05) is 30.3 Å². The summed E-state index contributed by atoms with van der Waals surface area (Å²) in [6.45, 7) is 0.227. The van der Waals surface area contributed by atoms with Crippen LogP contribution in [0.3, 0.4) is 0 Å². The van der Waals surface area contributed by atoms with Crippen LogP contribution in [-0.4, -0.2) is 59.5 Å². The Balaban J connectivity index is 1.45. The van der Waals surface area contributed by atoms with Crippen LogP contribution in [0, 0.1) is 11.6 Å². The molecule has 3 aromatic rings. The van der Waals surface area contributed by atoms with E-state index in [1.54, 1.807) is 10.9 Å². The smallest absolute Gasteiger partial charge is 0.257 e. The lowest BCUT2D eigenvalue weighted by Crippen LogP contribution is -2.50. The summed E-state index contributed by atoms with van der Waals surface area (Å²) in [6, 6.07) is 11.6. The molecule has 1 fully saturated rings. The van der Waals surface area contributed by atoms with Gasteiger partial charge in [0.05, 0.1) is 17.4 Å². The fourth-order valence-electron chi connectivity index (χ4n) is 3.28. The molecular weight excluding hydrogens is 414 g/mol. The second-order valence-corrected chi connectivity index (χ2v) is 8.69. The number of hydrogen-bond acceptors (Lipinski definition) is 4. The number of hydrogen-bond donors (Lipinski definition) is 0. The zero-order chi connectivity index (χ0) is 21.3. The van der Waals surface area contributed by atoms with Crippen LogP contribution in [0.25, 0.3) is 5.69 Å². The second-order valence-electron chi connectivity index (χ2n) is 6.78. The number of aromatic nitrogens is 2. The van der Waals surface area contributed by atoms with Gasteiger partial charge in [0.1, 0.15) is 16.5 Å². The topological polar surface area (TPSA) is 75.5 Å². The maximum absolute atomic E-state index is 13.9. The van der Waals surface area contributed by atoms with Gasteiger partial charge in [-0.25, -0.2) is 21.9 Å². The first-order chi connectivity index (χ1) is 14.4. The molecule has 1 saturated heterocycles. The van der Waals surface area contributed by atoms with Crippen molar-refractivity contribution < 1.29 is 22.0 Å². The summed E-state index contributed by atoms with van der Waals surface area (Å²) in [7, 11) is -4.20. The number of para-hydroxylation sites is 1. The number of amides is 1. The summed E-state index contributed by atoms with van der Waals surface area (Å²) in [6.07, 6.45) is 3.07. The van der Waals surface area contributed by atoms with E-state index >= 15 is 0 Å². The van der Waals surface area contributed by atoms with E-state index in [0.717, 1.165) is 22.1 Å². The summed E-state index contributed by atoms with van der Waals surface area (Å²) >= 11 is 0. The van der Waals surface area contributed by atoms with Crippen LogP contribution in [0.1, 0.15) is 10.4 Å². The molecule has 7 nitrogen and oxygen atoms in total. The summed E-state index contributed by atoms with van der Waals surface area (Å²) in [5.74, 6) is -2.12. The molecule has 1 amide bonds. The molecule has 4 rings (SSSR count). The van der Waals surface area contributed by atoms with Gasteiger partial charge in [0, 0.05) is 32.4 Å². The number of piperazine rings is 1. The quantitative estimate of drug-likeness (QED) is 0.634. The molecule has 156 valence electrons. The van der Waals surface area contributed by atoms with Gasteiger partial charge in [-0.15, -0.1) is 0 Å². The Morgan fingerprint density at radius 2 is 1.67 bits per heavy atom. The molecule has 1 aliphatic rings. The Bertz CT molecular complexity index is 1170. The van der Waals surface area contributed by atoms with Gasteiger partial charge in [0.2, 0.25) is 10.0 Å². The van der Waals surface area contributed by atoms with Gasteiger partial charge in [0.15, 0.2) is 0 Å². The van der Waals surface area contributed by atoms with Crippen LogP contribution < -0.4 is 0 Å². The highest BCUT2D eigenvalue weighted by Crippen LogP contribution is 2.22. The van der Waals surface area contributed by atoms with Crippen molar-refractivity contribution in [2.75, 3.05) is 26.2 Å². The molecule has 0 atom stereocenters. The SMILES string of the molecule is O=C(c1cnn(-c2ccccc2)c1)N1CCN(S(=O)(=O)c2cc(F)ccc2F)CC1. The Hall–Kier alpha value is -3.11. The maximum atomic E-state index is 13.9. The molecule has 2 heterocycles. The Kier molecular flexibility index (Phi) is 5.35. The van der Waals surface area contributed by atoms with E-state index in [2.05, 4.69) is 5.10 Å². The molecule has 1 aliphatic heterocycles. The number of rotatable bonds is 4. The Morgan fingerprint density at radius 1 is 0.967 bits per heavy atom. The van der Waals surface area contributed by atoms with Gasteiger partial charge in [-0.3, -0.25) is 4.79 Å². The third kappa shape index (κ3) is 3.83. The number of carbonyl (C=O) groups is 1. The molecule has 0 aliphatic carbocycles. The summed E-state index contributed by atoms with van der Waals surface area (Å²) in [5, 5.41) is 4.20. The van der Waals surface area contributed by atoms with E-state index in [0.29, 0.717) is 11.6 Å². The first-order valence-electron chi connectivity index (χ1n) is 9.21. The monoisotopic (exact) mass is 432 g/mol. The largest absolute Gasteiger partial charge is 0.336 e. The summed E-state index contributed by atoms with van der Waals surface area (Å²) in [4.78, 5) is 13.6. The van der Waals surface area contributed by atoms with Crippen molar-refractivity contribution in [1.82, 2.24) is 19.0 Å². The van der Waals surface area contributed by atoms with Gasteiger partial charge in [-0.05, 0) is 30.3 Å². The van der Waals surface area contributed by atoms with E-state index in [9.17, 15) is 22.0 Å². The van der Waals surface area contributed by atoms with Crippen LogP contribution in [0.2, 0.25) is 0 Å². The normalized spacial score (nSPS) is 15.3. The molecule has 0 radical (unpaired) electrons. The number of sulfonamides is 1. The van der Waals surface area contributed by atoms with Crippen molar-refractivity contribution in [1.29, 1.82) is 0 Å². The van der Waals surface area contributed by atoms with Crippen molar-refractivity contribution in [2.24, 2.45) is 0 Å². The van der Waals surface area contributed by atoms with Crippen LogP contribution in [0.15, 0.2) is 65.8 Å². The van der Waals surface area contributed by atoms with Gasteiger partial charge < -0.3 is 4.90 Å². The molecular formula is C20H18F2N4O3S. The van der Waals surface area contributed by atoms with E-state index < -0.39 is 26.6 Å². The predicted octanol–water partition coefficient (Wildman–Crippen LogP) is 2.30. The van der Waals surface area contributed by atoms with Gasteiger partial charge in [-0.1, -0.05) is 18.2 Å². The third-order valence-electron chi connectivity index (χ3n) is 4.89. The lowest BCUT2D eigenvalue weighted by Gasteiger charge is -2.33. The van der Waals surface area contributed by atoms with E-state index in [4.69, 9.17) is 0 Å². The number of nitrogens with zero attached hydrogens (tertiary/aromatic N) is 4. The van der Waals surface area contributed by atoms with Gasteiger partial charge >= 0.3 is 0 Å². The Morgan fingerprint density at radius 3 is 2.37 bits per heavy atom. The molecule has 30 heavy (non-hydrogen) atoms. The van der Waals surface area contributed by atoms with E-state index in [-0.39, 0.29) is 32.1 Å². The van der Waals surface area contributed by atoms with Crippen LogP contribution >= 0.6 is 0 Å². The molecule has 0 unspecified atom stereocenters. The molecule has 0 spiro atoms. The fourth-order valence-corrected chi connectivity index (χ4v) is 4.78. The predicted molar refractivity (Wildman–Crippen MR) is 105 cm³/mol. The first kappa shape index (κ1) is 20.2. The lowest BCUT2D eigenvalue weighted by atomic mass is 10.2. The van der Waals surface area contributed by atoms with Crippen LogP contribution in [-0.2, 0) is 10.0 Å². The minimum Gasteiger partial charge on any atom is -0.336 e. The number of carbonyl (C=O) groups excluding carboxylic acids is 1. The first-order valence-corrected chi connectivity index (χ1v) is 10.6. The van der Waals surface area contributed by atoms with Gasteiger partial charge in [0.25, 0.3) is 5.91 Å². The van der Waals surface area contributed by atoms with E-state index in [1.165, 1.54) is 11.1 Å². The lowest BCUT2D eigenvalue weighted by molar-refractivity contribution is 0.0697. The molecule has 0 bridgehead atoms. The van der Waals surface area contributed by atoms with Gasteiger partial charge in [-0.2, -0.15) is 9.40 Å². The zero-order valence-corrected chi connectivity index (χ0v) is 16.6. The van der Waals surface area contributed by atoms with Crippen molar-refractivity contribution in [2.45, 2.75) is 4.90 Å². The second kappa shape index (κ2) is 7.96. The molecule has 0 saturated carbocycles. The highest BCUT2D eigenvalue weighted by molar-refractivity contribution is 7.89. The maximum Gasteiger partial charge on any atom is 0.257 e. The molecule has 0 N–H and O–H groups in total. The van der Waals surface area contributed by atoms with Crippen molar-refractivity contribution >= 4 is 15.9 Å². The molecule has 1 aromatic heterocycles. The third-order valence-corrected chi connectivity index (χ3v) is 6.80. The zero-order valence-electron chi connectivity index (χ0n) is 15.8. The molecule has 10 heteroatoms. The minimum absolute atomic E-state index is 0.0170. The van der Waals surface area contributed by atoms with Crippen LogP contribution in [0.4, 0.5) is 8.78 Å². The highest BCUT2D eigenvalue weighted by Gasteiger charge is 2.32. The Labute approximate surface area is 172 Å². The van der Waals surface area contributed by atoms with Crippen molar-refractivity contribution in [3.05, 3.63) is 78.1 Å². The van der Waals surface area contributed by atoms with Crippen LogP contribution in [0.5, 0.6) is 0 Å². The number of benzene rings is 2. The minimum atomic E-state index is -4.20.